The van der Waals surface area contributed by atoms with Crippen molar-refractivity contribution in [2.75, 3.05) is 19.6 Å². The molecule has 14 heavy (non-hydrogen) atoms. The summed E-state index contributed by atoms with van der Waals surface area (Å²) >= 11 is 0. The van der Waals surface area contributed by atoms with Gasteiger partial charge in [-0.15, -0.1) is 0 Å². The van der Waals surface area contributed by atoms with Gasteiger partial charge in [0.2, 0.25) is 6.43 Å². The fourth-order valence-electron chi connectivity index (χ4n) is 1.82. The molecule has 0 aromatic rings. The Hall–Kier alpha value is -0.690. The third-order valence-corrected chi connectivity index (χ3v) is 2.75. The van der Waals surface area contributed by atoms with E-state index in [9.17, 15) is 8.78 Å². The Kier molecular flexibility index (Phi) is 4.81. The van der Waals surface area contributed by atoms with Crippen molar-refractivity contribution in [1.82, 2.24) is 4.90 Å². The summed E-state index contributed by atoms with van der Waals surface area (Å²) in [5.41, 5.74) is 0. The number of nitrogens with zero attached hydrogens (tertiary/aromatic N) is 2. The molecule has 0 bridgehead atoms. The Morgan fingerprint density at radius 2 is 2.00 bits per heavy atom. The lowest BCUT2D eigenvalue weighted by atomic mass is 9.94. The Morgan fingerprint density at radius 1 is 1.36 bits per heavy atom. The average molecular weight is 202 g/mol. The van der Waals surface area contributed by atoms with Gasteiger partial charge in [-0.05, 0) is 31.8 Å². The molecule has 1 aliphatic rings. The summed E-state index contributed by atoms with van der Waals surface area (Å²) in [6.07, 6.45) is 0.367. The number of piperidine rings is 1. The van der Waals surface area contributed by atoms with Crippen molar-refractivity contribution in [3.63, 3.8) is 0 Å². The van der Waals surface area contributed by atoms with Crippen LogP contribution in [0, 0.1) is 17.2 Å². The maximum absolute atomic E-state index is 11.9. The molecule has 0 atom stereocenters. The number of halogens is 2. The van der Waals surface area contributed by atoms with E-state index in [2.05, 4.69) is 11.0 Å². The molecule has 0 N–H and O–H groups in total. The quantitative estimate of drug-likeness (QED) is 0.699. The van der Waals surface area contributed by atoms with Crippen LogP contribution in [0.5, 0.6) is 0 Å². The zero-order valence-electron chi connectivity index (χ0n) is 8.25. The standard InChI is InChI=1S/C10H16F2N2/c11-10(12)4-8-14-6-2-9(1-5-13)3-7-14/h9-10H,1-4,6-8H2. The second-order valence-corrected chi connectivity index (χ2v) is 3.83. The lowest BCUT2D eigenvalue weighted by molar-refractivity contribution is 0.103. The number of alkyl halides is 2. The highest BCUT2D eigenvalue weighted by atomic mass is 19.3. The number of likely N-dealkylation sites (tertiary alicyclic amines) is 1. The molecular formula is C10H16F2N2. The summed E-state index contributed by atoms with van der Waals surface area (Å²) in [5, 5.41) is 8.50. The molecule has 1 heterocycles. The van der Waals surface area contributed by atoms with Gasteiger partial charge in [-0.1, -0.05) is 0 Å². The molecule has 1 saturated heterocycles. The van der Waals surface area contributed by atoms with E-state index in [1.54, 1.807) is 0 Å². The summed E-state index contributed by atoms with van der Waals surface area (Å²) in [6.45, 7) is 2.25. The summed E-state index contributed by atoms with van der Waals surface area (Å²) in [7, 11) is 0. The Morgan fingerprint density at radius 3 is 2.50 bits per heavy atom. The number of nitriles is 1. The molecule has 4 heteroatoms. The van der Waals surface area contributed by atoms with Crippen molar-refractivity contribution in [3.05, 3.63) is 0 Å². The molecular weight excluding hydrogens is 186 g/mol. The van der Waals surface area contributed by atoms with Gasteiger partial charge in [-0.2, -0.15) is 5.26 Å². The number of hydrogen-bond acceptors (Lipinski definition) is 2. The van der Waals surface area contributed by atoms with Crippen LogP contribution in [-0.2, 0) is 0 Å². The molecule has 0 spiro atoms. The van der Waals surface area contributed by atoms with Gasteiger partial charge in [0.15, 0.2) is 0 Å². The maximum Gasteiger partial charge on any atom is 0.239 e. The monoisotopic (exact) mass is 202 g/mol. The summed E-state index contributed by atoms with van der Waals surface area (Å²) in [6, 6.07) is 2.16. The fraction of sp³-hybridized carbons (Fsp3) is 0.900. The van der Waals surface area contributed by atoms with Gasteiger partial charge in [-0.25, -0.2) is 8.78 Å². The lowest BCUT2D eigenvalue weighted by Gasteiger charge is -2.30. The first-order chi connectivity index (χ1) is 6.72. The van der Waals surface area contributed by atoms with Crippen LogP contribution >= 0.6 is 0 Å². The van der Waals surface area contributed by atoms with Crippen LogP contribution in [0.4, 0.5) is 8.78 Å². The van der Waals surface area contributed by atoms with E-state index in [0.717, 1.165) is 25.9 Å². The SMILES string of the molecule is N#CCC1CCN(CCC(F)F)CC1. The predicted octanol–water partition coefficient (Wildman–Crippen LogP) is 2.27. The van der Waals surface area contributed by atoms with E-state index in [1.807, 2.05) is 0 Å². The zero-order chi connectivity index (χ0) is 10.4. The van der Waals surface area contributed by atoms with Crippen LogP contribution in [0.3, 0.4) is 0 Å². The van der Waals surface area contributed by atoms with Crippen molar-refractivity contribution < 1.29 is 8.78 Å². The molecule has 1 fully saturated rings. The van der Waals surface area contributed by atoms with Crippen molar-refractivity contribution in [1.29, 1.82) is 5.26 Å². The Bertz CT molecular complexity index is 193. The van der Waals surface area contributed by atoms with Crippen LogP contribution < -0.4 is 0 Å². The lowest BCUT2D eigenvalue weighted by Crippen LogP contribution is -2.34. The van der Waals surface area contributed by atoms with Gasteiger partial charge in [-0.3, -0.25) is 0 Å². The third kappa shape index (κ3) is 4.01. The second-order valence-electron chi connectivity index (χ2n) is 3.83. The average Bonchev–Trinajstić information content (AvgIpc) is 2.17. The number of hydrogen-bond donors (Lipinski definition) is 0. The van der Waals surface area contributed by atoms with Crippen molar-refractivity contribution in [3.8, 4) is 6.07 Å². The molecule has 0 unspecified atom stereocenters. The van der Waals surface area contributed by atoms with Crippen molar-refractivity contribution in [2.45, 2.75) is 32.1 Å². The highest BCUT2D eigenvalue weighted by Gasteiger charge is 2.19. The normalized spacial score (nSPS) is 19.9. The number of rotatable bonds is 4. The van der Waals surface area contributed by atoms with Gasteiger partial charge < -0.3 is 4.90 Å². The smallest absolute Gasteiger partial charge is 0.239 e. The molecule has 0 aromatic carbocycles. The Labute approximate surface area is 83.5 Å². The molecule has 0 amide bonds. The topological polar surface area (TPSA) is 27.0 Å². The van der Waals surface area contributed by atoms with Crippen LogP contribution in [-0.4, -0.2) is 31.0 Å². The van der Waals surface area contributed by atoms with Crippen LogP contribution in [0.25, 0.3) is 0 Å². The second kappa shape index (κ2) is 5.92. The largest absolute Gasteiger partial charge is 0.303 e. The van der Waals surface area contributed by atoms with Gasteiger partial charge in [0.25, 0.3) is 0 Å². The summed E-state index contributed by atoms with van der Waals surface area (Å²) < 4.78 is 23.8. The summed E-state index contributed by atoms with van der Waals surface area (Å²) in [5.74, 6) is 0.489. The minimum Gasteiger partial charge on any atom is -0.303 e. The molecule has 0 aliphatic carbocycles. The summed E-state index contributed by atoms with van der Waals surface area (Å²) in [4.78, 5) is 2.07. The molecule has 0 radical (unpaired) electrons. The molecule has 80 valence electrons. The van der Waals surface area contributed by atoms with Crippen molar-refractivity contribution >= 4 is 0 Å². The first kappa shape index (κ1) is 11.4. The van der Waals surface area contributed by atoms with E-state index < -0.39 is 6.43 Å². The zero-order valence-corrected chi connectivity index (χ0v) is 8.25. The van der Waals surface area contributed by atoms with E-state index in [4.69, 9.17) is 5.26 Å². The first-order valence-corrected chi connectivity index (χ1v) is 5.10. The van der Waals surface area contributed by atoms with Crippen LogP contribution in [0.15, 0.2) is 0 Å². The van der Waals surface area contributed by atoms with Crippen LogP contribution in [0.2, 0.25) is 0 Å². The van der Waals surface area contributed by atoms with Gasteiger partial charge in [0.05, 0.1) is 6.07 Å². The van der Waals surface area contributed by atoms with E-state index in [1.165, 1.54) is 0 Å². The van der Waals surface area contributed by atoms with E-state index in [0.29, 0.717) is 18.9 Å². The van der Waals surface area contributed by atoms with E-state index in [-0.39, 0.29) is 6.42 Å². The van der Waals surface area contributed by atoms with Crippen molar-refractivity contribution in [2.24, 2.45) is 5.92 Å². The highest BCUT2D eigenvalue weighted by molar-refractivity contribution is 4.80. The minimum absolute atomic E-state index is 0.0249. The molecule has 1 aliphatic heterocycles. The molecule has 0 aromatic heterocycles. The minimum atomic E-state index is -2.19. The van der Waals surface area contributed by atoms with E-state index >= 15 is 0 Å². The van der Waals surface area contributed by atoms with Gasteiger partial charge in [0, 0.05) is 19.4 Å². The third-order valence-electron chi connectivity index (χ3n) is 2.75. The first-order valence-electron chi connectivity index (χ1n) is 5.10. The predicted molar refractivity (Wildman–Crippen MR) is 50.0 cm³/mol. The molecule has 1 rings (SSSR count). The maximum atomic E-state index is 11.9. The van der Waals surface area contributed by atoms with Gasteiger partial charge in [0.1, 0.15) is 0 Å². The Balaban J connectivity index is 2.13. The molecule has 2 nitrogen and oxygen atoms in total. The molecule has 0 saturated carbocycles. The fourth-order valence-corrected chi connectivity index (χ4v) is 1.82. The van der Waals surface area contributed by atoms with Gasteiger partial charge >= 0.3 is 0 Å². The van der Waals surface area contributed by atoms with Crippen LogP contribution in [0.1, 0.15) is 25.7 Å². The highest BCUT2D eigenvalue weighted by Crippen LogP contribution is 2.20.